The highest BCUT2D eigenvalue weighted by molar-refractivity contribution is 5.98. The SMILES string of the molecule is N/C(CC(=O)NCCCn1ccnc1)=N\O. The van der Waals surface area contributed by atoms with Crippen molar-refractivity contribution in [2.45, 2.75) is 19.4 Å². The first-order valence-electron chi connectivity index (χ1n) is 4.91. The summed E-state index contributed by atoms with van der Waals surface area (Å²) in [6.45, 7) is 1.35. The van der Waals surface area contributed by atoms with Gasteiger partial charge in [-0.15, -0.1) is 0 Å². The molecule has 0 unspecified atom stereocenters. The minimum Gasteiger partial charge on any atom is -0.409 e. The van der Waals surface area contributed by atoms with Gasteiger partial charge in [0, 0.05) is 25.5 Å². The van der Waals surface area contributed by atoms with E-state index in [0.717, 1.165) is 13.0 Å². The first kappa shape index (κ1) is 12.0. The molecule has 1 amide bonds. The molecule has 0 fully saturated rings. The summed E-state index contributed by atoms with van der Waals surface area (Å²) < 4.78 is 1.93. The number of hydrogen-bond acceptors (Lipinski definition) is 4. The second-order valence-electron chi connectivity index (χ2n) is 3.27. The number of rotatable bonds is 6. The molecule has 16 heavy (non-hydrogen) atoms. The van der Waals surface area contributed by atoms with Crippen molar-refractivity contribution in [3.8, 4) is 0 Å². The topological polar surface area (TPSA) is 106 Å². The lowest BCUT2D eigenvalue weighted by molar-refractivity contribution is -0.119. The van der Waals surface area contributed by atoms with Crippen molar-refractivity contribution in [2.75, 3.05) is 6.54 Å². The van der Waals surface area contributed by atoms with Gasteiger partial charge in [0.15, 0.2) is 0 Å². The maximum Gasteiger partial charge on any atom is 0.227 e. The van der Waals surface area contributed by atoms with E-state index in [1.165, 1.54) is 0 Å². The van der Waals surface area contributed by atoms with Crippen LogP contribution in [0.4, 0.5) is 0 Å². The Labute approximate surface area is 93.0 Å². The van der Waals surface area contributed by atoms with E-state index in [1.54, 1.807) is 12.5 Å². The summed E-state index contributed by atoms with van der Waals surface area (Å²) in [6, 6.07) is 0. The molecule has 1 heterocycles. The predicted molar refractivity (Wildman–Crippen MR) is 57.9 cm³/mol. The molecule has 88 valence electrons. The van der Waals surface area contributed by atoms with E-state index in [9.17, 15) is 4.79 Å². The van der Waals surface area contributed by atoms with Crippen LogP contribution in [-0.2, 0) is 11.3 Å². The van der Waals surface area contributed by atoms with E-state index in [1.807, 2.05) is 10.8 Å². The lowest BCUT2D eigenvalue weighted by Crippen LogP contribution is -2.29. The monoisotopic (exact) mass is 225 g/mol. The van der Waals surface area contributed by atoms with E-state index in [2.05, 4.69) is 15.5 Å². The third-order valence-corrected chi connectivity index (χ3v) is 1.94. The molecule has 7 heteroatoms. The number of carbonyl (C=O) groups excluding carboxylic acids is 1. The molecule has 0 aliphatic rings. The quantitative estimate of drug-likeness (QED) is 0.200. The molecule has 1 rings (SSSR count). The van der Waals surface area contributed by atoms with Crippen LogP contribution < -0.4 is 11.1 Å². The van der Waals surface area contributed by atoms with Gasteiger partial charge in [-0.25, -0.2) is 4.98 Å². The summed E-state index contributed by atoms with van der Waals surface area (Å²) in [6.07, 6.45) is 6.01. The Morgan fingerprint density at radius 2 is 2.44 bits per heavy atom. The summed E-state index contributed by atoms with van der Waals surface area (Å²) in [5, 5.41) is 13.6. The van der Waals surface area contributed by atoms with Crippen molar-refractivity contribution in [3.05, 3.63) is 18.7 Å². The highest BCUT2D eigenvalue weighted by atomic mass is 16.4. The third-order valence-electron chi connectivity index (χ3n) is 1.94. The molecule has 0 aromatic carbocycles. The molecule has 1 aromatic heterocycles. The zero-order valence-corrected chi connectivity index (χ0v) is 8.83. The lowest BCUT2D eigenvalue weighted by Gasteiger charge is -2.04. The first-order valence-corrected chi connectivity index (χ1v) is 4.91. The Morgan fingerprint density at radius 1 is 1.62 bits per heavy atom. The highest BCUT2D eigenvalue weighted by Crippen LogP contribution is 1.89. The number of imidazole rings is 1. The summed E-state index contributed by atoms with van der Waals surface area (Å²) >= 11 is 0. The average Bonchev–Trinajstić information content (AvgIpc) is 2.77. The van der Waals surface area contributed by atoms with Crippen LogP contribution in [0.3, 0.4) is 0 Å². The van der Waals surface area contributed by atoms with Gasteiger partial charge in [-0.1, -0.05) is 5.16 Å². The minimum absolute atomic E-state index is 0.0818. The van der Waals surface area contributed by atoms with Crippen molar-refractivity contribution in [2.24, 2.45) is 10.9 Å². The molecule has 7 nitrogen and oxygen atoms in total. The standard InChI is InChI=1S/C9H15N5O2/c10-8(13-16)6-9(15)12-2-1-4-14-5-3-11-7-14/h3,5,7,16H,1-2,4,6H2,(H2,10,13)(H,12,15). The van der Waals surface area contributed by atoms with E-state index in [4.69, 9.17) is 10.9 Å². The Morgan fingerprint density at radius 3 is 3.06 bits per heavy atom. The van der Waals surface area contributed by atoms with E-state index in [0.29, 0.717) is 6.54 Å². The van der Waals surface area contributed by atoms with E-state index < -0.39 is 0 Å². The third kappa shape index (κ3) is 4.45. The van der Waals surface area contributed by atoms with E-state index >= 15 is 0 Å². The van der Waals surface area contributed by atoms with Gasteiger partial charge in [0.2, 0.25) is 5.91 Å². The van der Waals surface area contributed by atoms with Crippen LogP contribution in [0, 0.1) is 0 Å². The molecule has 0 saturated carbocycles. The molecular weight excluding hydrogens is 210 g/mol. The maximum absolute atomic E-state index is 11.2. The maximum atomic E-state index is 11.2. The van der Waals surface area contributed by atoms with Gasteiger partial charge in [-0.05, 0) is 6.42 Å². The second-order valence-corrected chi connectivity index (χ2v) is 3.27. The van der Waals surface area contributed by atoms with Crippen LogP contribution in [0.15, 0.2) is 23.9 Å². The highest BCUT2D eigenvalue weighted by Gasteiger charge is 2.03. The summed E-state index contributed by atoms with van der Waals surface area (Å²) in [4.78, 5) is 15.1. The fourth-order valence-corrected chi connectivity index (χ4v) is 1.17. The summed E-state index contributed by atoms with van der Waals surface area (Å²) in [5.74, 6) is -0.340. The van der Waals surface area contributed by atoms with Crippen LogP contribution in [0.5, 0.6) is 0 Å². The Hall–Kier alpha value is -2.05. The number of nitrogens with one attached hydrogen (secondary N) is 1. The average molecular weight is 225 g/mol. The second kappa shape index (κ2) is 6.44. The number of nitrogens with two attached hydrogens (primary N) is 1. The van der Waals surface area contributed by atoms with Gasteiger partial charge in [0.1, 0.15) is 5.84 Å². The van der Waals surface area contributed by atoms with Gasteiger partial charge < -0.3 is 20.8 Å². The van der Waals surface area contributed by atoms with Crippen LogP contribution in [0.2, 0.25) is 0 Å². The Kier molecular flexibility index (Phi) is 4.84. The fraction of sp³-hybridized carbons (Fsp3) is 0.444. The number of carbonyl (C=O) groups is 1. The molecular formula is C9H15N5O2. The summed E-state index contributed by atoms with van der Waals surface area (Å²) in [5.41, 5.74) is 5.18. The molecule has 0 bridgehead atoms. The van der Waals surface area contributed by atoms with Crippen LogP contribution in [-0.4, -0.2) is 33.0 Å². The zero-order chi connectivity index (χ0) is 11.8. The van der Waals surface area contributed by atoms with Gasteiger partial charge in [-0.2, -0.15) is 0 Å². The molecule has 4 N–H and O–H groups in total. The van der Waals surface area contributed by atoms with Gasteiger partial charge in [0.05, 0.1) is 12.7 Å². The molecule has 0 saturated heterocycles. The molecule has 0 aliphatic heterocycles. The lowest BCUT2D eigenvalue weighted by atomic mass is 10.3. The Bertz CT molecular complexity index is 347. The smallest absolute Gasteiger partial charge is 0.227 e. The molecule has 0 atom stereocenters. The first-order chi connectivity index (χ1) is 7.72. The largest absolute Gasteiger partial charge is 0.409 e. The molecule has 0 aliphatic carbocycles. The van der Waals surface area contributed by atoms with Crippen molar-refractivity contribution >= 4 is 11.7 Å². The number of oxime groups is 1. The fourth-order valence-electron chi connectivity index (χ4n) is 1.17. The molecule has 0 radical (unpaired) electrons. The number of aryl methyl sites for hydroxylation is 1. The minimum atomic E-state index is -0.249. The van der Waals surface area contributed by atoms with Gasteiger partial charge in [0.25, 0.3) is 0 Å². The molecule has 1 aromatic rings. The number of aromatic nitrogens is 2. The number of amidine groups is 1. The predicted octanol–water partition coefficient (Wildman–Crippen LogP) is -0.474. The Balaban J connectivity index is 2.09. The molecule has 0 spiro atoms. The number of nitrogens with zero attached hydrogens (tertiary/aromatic N) is 3. The van der Waals surface area contributed by atoms with Crippen molar-refractivity contribution in [3.63, 3.8) is 0 Å². The van der Waals surface area contributed by atoms with Crippen LogP contribution in [0.1, 0.15) is 12.8 Å². The zero-order valence-electron chi connectivity index (χ0n) is 8.83. The number of amides is 1. The van der Waals surface area contributed by atoms with Crippen LogP contribution in [0.25, 0.3) is 0 Å². The summed E-state index contributed by atoms with van der Waals surface area (Å²) in [7, 11) is 0. The number of hydrogen-bond donors (Lipinski definition) is 3. The van der Waals surface area contributed by atoms with Crippen molar-refractivity contribution in [1.82, 2.24) is 14.9 Å². The van der Waals surface area contributed by atoms with Gasteiger partial charge >= 0.3 is 0 Å². The van der Waals surface area contributed by atoms with Crippen molar-refractivity contribution < 1.29 is 10.0 Å². The van der Waals surface area contributed by atoms with Crippen LogP contribution >= 0.6 is 0 Å². The van der Waals surface area contributed by atoms with Gasteiger partial charge in [-0.3, -0.25) is 4.79 Å². The normalized spacial score (nSPS) is 11.4. The van der Waals surface area contributed by atoms with E-state index in [-0.39, 0.29) is 18.2 Å². The van der Waals surface area contributed by atoms with Crippen molar-refractivity contribution in [1.29, 1.82) is 0 Å².